The quantitative estimate of drug-likeness (QED) is 0.515. The molecule has 25 heavy (non-hydrogen) atoms. The van der Waals surface area contributed by atoms with Gasteiger partial charge >= 0.3 is 0 Å². The van der Waals surface area contributed by atoms with Crippen molar-refractivity contribution in [1.29, 1.82) is 0 Å². The predicted molar refractivity (Wildman–Crippen MR) is 105 cm³/mol. The highest BCUT2D eigenvalue weighted by atomic mass is 79.9. The summed E-state index contributed by atoms with van der Waals surface area (Å²) in [5.41, 5.74) is 17.0. The van der Waals surface area contributed by atoms with Gasteiger partial charge in [0, 0.05) is 23.2 Å². The van der Waals surface area contributed by atoms with Crippen LogP contribution >= 0.6 is 15.9 Å². The summed E-state index contributed by atoms with van der Waals surface area (Å²) in [5, 5.41) is 0. The molecular weight excluding hydrogens is 378 g/mol. The summed E-state index contributed by atoms with van der Waals surface area (Å²) >= 11 is 3.62. The van der Waals surface area contributed by atoms with E-state index < -0.39 is 0 Å². The number of hydrogen-bond acceptors (Lipinski definition) is 4. The van der Waals surface area contributed by atoms with Gasteiger partial charge in [0.05, 0.1) is 11.4 Å². The molecule has 1 aliphatic heterocycles. The third-order valence-electron chi connectivity index (χ3n) is 4.34. The Labute approximate surface area is 155 Å². The molecule has 0 bridgehead atoms. The zero-order valence-corrected chi connectivity index (χ0v) is 15.2. The number of nitrogens with two attached hydrogens (primary N) is 2. The van der Waals surface area contributed by atoms with Gasteiger partial charge in [0.2, 0.25) is 0 Å². The summed E-state index contributed by atoms with van der Waals surface area (Å²) in [6, 6.07) is 20.2. The first-order chi connectivity index (χ1) is 12.2. The van der Waals surface area contributed by atoms with Crippen LogP contribution < -0.4 is 21.1 Å². The van der Waals surface area contributed by atoms with Crippen LogP contribution in [0.15, 0.2) is 65.1 Å². The molecule has 0 saturated carbocycles. The first kappa shape index (κ1) is 16.1. The van der Waals surface area contributed by atoms with Crippen molar-refractivity contribution in [3.05, 3.63) is 76.3 Å². The van der Waals surface area contributed by atoms with Gasteiger partial charge in [-0.2, -0.15) is 0 Å². The van der Waals surface area contributed by atoms with E-state index >= 15 is 0 Å². The SMILES string of the molecule is NCc1cc(N2c3ccccc3Oc3ccccc32)cc(CN)c1Br. The second-order valence-corrected chi connectivity index (χ2v) is 6.65. The molecule has 1 heterocycles. The minimum Gasteiger partial charge on any atom is -0.453 e. The molecule has 0 atom stereocenters. The fraction of sp³-hybridized carbons (Fsp3) is 0.100. The van der Waals surface area contributed by atoms with Crippen LogP contribution in [0.5, 0.6) is 11.5 Å². The third kappa shape index (κ3) is 2.70. The summed E-state index contributed by atoms with van der Waals surface area (Å²) in [6.07, 6.45) is 0. The van der Waals surface area contributed by atoms with Crippen molar-refractivity contribution in [2.75, 3.05) is 4.90 Å². The van der Waals surface area contributed by atoms with Gasteiger partial charge in [-0.15, -0.1) is 0 Å². The molecular formula is C20H18BrN3O. The maximum atomic E-state index is 6.07. The van der Waals surface area contributed by atoms with E-state index in [0.717, 1.165) is 44.2 Å². The minimum atomic E-state index is 0.440. The van der Waals surface area contributed by atoms with Crippen LogP contribution in [-0.2, 0) is 13.1 Å². The number of fused-ring (bicyclic) bond motifs is 2. The van der Waals surface area contributed by atoms with Crippen molar-refractivity contribution >= 4 is 33.0 Å². The normalized spacial score (nSPS) is 12.4. The Kier molecular flexibility index (Phi) is 4.21. The molecule has 4 N–H and O–H groups in total. The number of ether oxygens (including phenoxy) is 1. The number of para-hydroxylation sites is 4. The topological polar surface area (TPSA) is 64.5 Å². The van der Waals surface area contributed by atoms with Crippen molar-refractivity contribution in [1.82, 2.24) is 0 Å². The summed E-state index contributed by atoms with van der Waals surface area (Å²) in [6.45, 7) is 0.879. The van der Waals surface area contributed by atoms with Crippen molar-refractivity contribution in [3.8, 4) is 11.5 Å². The smallest absolute Gasteiger partial charge is 0.151 e. The molecule has 4 rings (SSSR count). The van der Waals surface area contributed by atoms with Gasteiger partial charge in [-0.3, -0.25) is 0 Å². The zero-order valence-electron chi connectivity index (χ0n) is 13.6. The molecule has 3 aromatic rings. The lowest BCUT2D eigenvalue weighted by Gasteiger charge is -2.33. The highest BCUT2D eigenvalue weighted by Crippen LogP contribution is 2.50. The molecule has 0 aromatic heterocycles. The lowest BCUT2D eigenvalue weighted by atomic mass is 10.1. The first-order valence-corrected chi connectivity index (χ1v) is 8.89. The number of anilines is 3. The van der Waals surface area contributed by atoms with Crippen LogP contribution in [0.25, 0.3) is 0 Å². The Morgan fingerprint density at radius 1 is 0.800 bits per heavy atom. The van der Waals surface area contributed by atoms with Gasteiger partial charge in [0.25, 0.3) is 0 Å². The van der Waals surface area contributed by atoms with Crippen molar-refractivity contribution in [2.45, 2.75) is 13.1 Å². The van der Waals surface area contributed by atoms with E-state index in [1.165, 1.54) is 0 Å². The van der Waals surface area contributed by atoms with Gasteiger partial charge in [-0.25, -0.2) is 0 Å². The van der Waals surface area contributed by atoms with Crippen LogP contribution in [0.3, 0.4) is 0 Å². The number of hydrogen-bond donors (Lipinski definition) is 2. The van der Waals surface area contributed by atoms with Crippen LogP contribution in [-0.4, -0.2) is 0 Å². The van der Waals surface area contributed by atoms with Crippen molar-refractivity contribution < 1.29 is 4.74 Å². The molecule has 0 amide bonds. The maximum Gasteiger partial charge on any atom is 0.151 e. The lowest BCUT2D eigenvalue weighted by molar-refractivity contribution is 0.477. The molecule has 0 saturated heterocycles. The summed E-state index contributed by atoms with van der Waals surface area (Å²) < 4.78 is 7.05. The van der Waals surface area contributed by atoms with Gasteiger partial charge in [0.1, 0.15) is 0 Å². The van der Waals surface area contributed by atoms with E-state index in [9.17, 15) is 0 Å². The van der Waals surface area contributed by atoms with E-state index in [0.29, 0.717) is 13.1 Å². The Morgan fingerprint density at radius 2 is 1.28 bits per heavy atom. The largest absolute Gasteiger partial charge is 0.453 e. The molecule has 0 fully saturated rings. The molecule has 126 valence electrons. The highest BCUT2D eigenvalue weighted by molar-refractivity contribution is 9.10. The maximum absolute atomic E-state index is 6.07. The third-order valence-corrected chi connectivity index (χ3v) is 5.36. The van der Waals surface area contributed by atoms with Crippen LogP contribution in [0.2, 0.25) is 0 Å². The van der Waals surface area contributed by atoms with E-state index in [4.69, 9.17) is 16.2 Å². The van der Waals surface area contributed by atoms with Crippen LogP contribution in [0.4, 0.5) is 17.1 Å². The number of benzene rings is 3. The van der Waals surface area contributed by atoms with Gasteiger partial charge in [0.15, 0.2) is 11.5 Å². The molecule has 0 radical (unpaired) electrons. The molecule has 0 unspecified atom stereocenters. The van der Waals surface area contributed by atoms with Crippen LogP contribution in [0.1, 0.15) is 11.1 Å². The Balaban J connectivity index is 1.97. The highest BCUT2D eigenvalue weighted by Gasteiger charge is 2.26. The molecule has 0 aliphatic carbocycles. The summed E-state index contributed by atoms with van der Waals surface area (Å²) in [4.78, 5) is 2.19. The molecule has 5 heteroatoms. The fourth-order valence-corrected chi connectivity index (χ4v) is 3.69. The van der Waals surface area contributed by atoms with Gasteiger partial charge < -0.3 is 21.1 Å². The first-order valence-electron chi connectivity index (χ1n) is 8.10. The van der Waals surface area contributed by atoms with E-state index in [2.05, 4.69) is 45.1 Å². The van der Waals surface area contributed by atoms with Crippen LogP contribution in [0, 0.1) is 0 Å². The van der Waals surface area contributed by atoms with Crippen molar-refractivity contribution in [3.63, 3.8) is 0 Å². The predicted octanol–water partition coefficient (Wildman–Crippen LogP) is 4.94. The van der Waals surface area contributed by atoms with Gasteiger partial charge in [-0.05, 0) is 47.5 Å². The average Bonchev–Trinajstić information content (AvgIpc) is 2.66. The monoisotopic (exact) mass is 395 g/mol. The lowest BCUT2D eigenvalue weighted by Crippen LogP contribution is -2.17. The van der Waals surface area contributed by atoms with E-state index in [-0.39, 0.29) is 0 Å². The van der Waals surface area contributed by atoms with E-state index in [1.807, 2.05) is 36.4 Å². The standard InChI is InChI=1S/C20H18BrN3O/c21-20-13(11-22)9-15(10-14(20)12-23)24-16-5-1-3-7-18(16)25-19-8-4-2-6-17(19)24/h1-10H,11-12,22-23H2. The Bertz CT molecular complexity index is 871. The molecule has 0 spiro atoms. The number of rotatable bonds is 3. The Morgan fingerprint density at radius 3 is 1.76 bits per heavy atom. The second kappa shape index (κ2) is 6.52. The Hall–Kier alpha value is -2.34. The van der Waals surface area contributed by atoms with Crippen molar-refractivity contribution in [2.24, 2.45) is 11.5 Å². The minimum absolute atomic E-state index is 0.440. The molecule has 3 aromatic carbocycles. The van der Waals surface area contributed by atoms with E-state index in [1.54, 1.807) is 0 Å². The summed E-state index contributed by atoms with van der Waals surface area (Å²) in [5.74, 6) is 1.65. The number of nitrogens with zero attached hydrogens (tertiary/aromatic N) is 1. The molecule has 4 nitrogen and oxygen atoms in total. The second-order valence-electron chi connectivity index (χ2n) is 5.86. The number of halogens is 1. The summed E-state index contributed by atoms with van der Waals surface area (Å²) in [7, 11) is 0. The zero-order chi connectivity index (χ0) is 17.4. The van der Waals surface area contributed by atoms with Gasteiger partial charge in [-0.1, -0.05) is 40.2 Å². The molecule has 1 aliphatic rings. The average molecular weight is 396 g/mol. The fourth-order valence-electron chi connectivity index (χ4n) is 3.14.